The molecule has 0 atom stereocenters. The zero-order chi connectivity index (χ0) is 10.9. The summed E-state index contributed by atoms with van der Waals surface area (Å²) >= 11 is 0. The summed E-state index contributed by atoms with van der Waals surface area (Å²) in [5, 5.41) is 0. The molecule has 0 unspecified atom stereocenters. The second kappa shape index (κ2) is 8.08. The molecule has 3 nitrogen and oxygen atoms in total. The van der Waals surface area contributed by atoms with E-state index in [1.165, 1.54) is 32.4 Å². The molecule has 1 fully saturated rings. The van der Waals surface area contributed by atoms with Crippen LogP contribution in [0.25, 0.3) is 0 Å². The lowest BCUT2D eigenvalue weighted by atomic mass is 10.1. The van der Waals surface area contributed by atoms with E-state index in [0.717, 1.165) is 26.2 Å². The molecule has 1 rings (SSSR count). The van der Waals surface area contributed by atoms with Gasteiger partial charge in [0.1, 0.15) is 0 Å². The maximum absolute atomic E-state index is 5.52. The van der Waals surface area contributed by atoms with Crippen molar-refractivity contribution in [2.24, 2.45) is 0 Å². The third-order valence-corrected chi connectivity index (χ3v) is 2.83. The smallest absolute Gasteiger partial charge is 0.158 e. The molecule has 1 heterocycles. The monoisotopic (exact) mass is 215 g/mol. The normalized spacial score (nSPS) is 18.6. The van der Waals surface area contributed by atoms with Crippen LogP contribution in [-0.2, 0) is 9.47 Å². The van der Waals surface area contributed by atoms with Crippen molar-refractivity contribution in [1.29, 1.82) is 0 Å². The van der Waals surface area contributed by atoms with E-state index < -0.39 is 0 Å². The lowest BCUT2D eigenvalue weighted by Gasteiger charge is -2.28. The number of likely N-dealkylation sites (tertiary alicyclic amines) is 1. The van der Waals surface area contributed by atoms with Crippen molar-refractivity contribution in [3.05, 3.63) is 0 Å². The lowest BCUT2D eigenvalue weighted by molar-refractivity contribution is -0.142. The Morgan fingerprint density at radius 1 is 1.00 bits per heavy atom. The Hall–Kier alpha value is -0.120. The van der Waals surface area contributed by atoms with Crippen LogP contribution in [0.1, 0.15) is 39.5 Å². The average Bonchev–Trinajstić information content (AvgIpc) is 2.28. The molecule has 0 radical (unpaired) electrons. The van der Waals surface area contributed by atoms with Gasteiger partial charge < -0.3 is 14.4 Å². The summed E-state index contributed by atoms with van der Waals surface area (Å²) in [5.41, 5.74) is 0. The van der Waals surface area contributed by atoms with E-state index in [1.54, 1.807) is 0 Å². The molecule has 0 aromatic rings. The van der Waals surface area contributed by atoms with Crippen molar-refractivity contribution < 1.29 is 9.47 Å². The molecule has 0 aliphatic carbocycles. The van der Waals surface area contributed by atoms with Crippen LogP contribution >= 0.6 is 0 Å². The van der Waals surface area contributed by atoms with Crippen LogP contribution in [0.15, 0.2) is 0 Å². The Morgan fingerprint density at radius 2 is 1.60 bits per heavy atom. The van der Waals surface area contributed by atoms with Crippen molar-refractivity contribution in [3.63, 3.8) is 0 Å². The van der Waals surface area contributed by atoms with E-state index in [2.05, 4.69) is 4.90 Å². The van der Waals surface area contributed by atoms with Gasteiger partial charge >= 0.3 is 0 Å². The second-order valence-corrected chi connectivity index (χ2v) is 4.03. The molecule has 0 amide bonds. The molecule has 3 heteroatoms. The lowest BCUT2D eigenvalue weighted by Crippen LogP contribution is -2.33. The minimum absolute atomic E-state index is 0.00178. The van der Waals surface area contributed by atoms with Gasteiger partial charge in [-0.05, 0) is 39.8 Å². The summed E-state index contributed by atoms with van der Waals surface area (Å²) in [6.45, 7) is 9.15. The van der Waals surface area contributed by atoms with E-state index in [4.69, 9.17) is 9.47 Å². The largest absolute Gasteiger partial charge is 0.353 e. The van der Waals surface area contributed by atoms with E-state index in [0.29, 0.717) is 0 Å². The van der Waals surface area contributed by atoms with Crippen LogP contribution in [0.4, 0.5) is 0 Å². The molecule has 15 heavy (non-hydrogen) atoms. The maximum Gasteiger partial charge on any atom is 0.158 e. The van der Waals surface area contributed by atoms with Crippen molar-refractivity contribution in [1.82, 2.24) is 4.90 Å². The zero-order valence-electron chi connectivity index (χ0n) is 10.2. The first-order valence-electron chi connectivity index (χ1n) is 6.32. The van der Waals surface area contributed by atoms with Gasteiger partial charge in [-0.3, -0.25) is 0 Å². The van der Waals surface area contributed by atoms with Crippen LogP contribution in [0.5, 0.6) is 0 Å². The van der Waals surface area contributed by atoms with Crippen molar-refractivity contribution in [2.45, 2.75) is 45.8 Å². The number of rotatable bonds is 7. The van der Waals surface area contributed by atoms with Crippen LogP contribution in [-0.4, -0.2) is 44.0 Å². The van der Waals surface area contributed by atoms with E-state index in [-0.39, 0.29) is 6.29 Å². The quantitative estimate of drug-likeness (QED) is 0.608. The highest BCUT2D eigenvalue weighted by Gasteiger charge is 2.13. The first-order chi connectivity index (χ1) is 7.36. The maximum atomic E-state index is 5.52. The summed E-state index contributed by atoms with van der Waals surface area (Å²) in [4.78, 5) is 2.52. The molecule has 0 aromatic heterocycles. The van der Waals surface area contributed by atoms with Gasteiger partial charge in [-0.25, -0.2) is 0 Å². The van der Waals surface area contributed by atoms with Crippen molar-refractivity contribution in [2.75, 3.05) is 32.8 Å². The highest BCUT2D eigenvalue weighted by Crippen LogP contribution is 2.10. The number of piperidine rings is 1. The topological polar surface area (TPSA) is 21.7 Å². The zero-order valence-corrected chi connectivity index (χ0v) is 10.2. The van der Waals surface area contributed by atoms with Crippen LogP contribution in [0.3, 0.4) is 0 Å². The van der Waals surface area contributed by atoms with Gasteiger partial charge in [-0.2, -0.15) is 0 Å². The third-order valence-electron chi connectivity index (χ3n) is 2.83. The summed E-state index contributed by atoms with van der Waals surface area (Å²) in [7, 11) is 0. The van der Waals surface area contributed by atoms with Gasteiger partial charge in [-0.1, -0.05) is 6.42 Å². The number of hydrogen-bond acceptors (Lipinski definition) is 3. The van der Waals surface area contributed by atoms with E-state index in [9.17, 15) is 0 Å². The predicted molar refractivity (Wildman–Crippen MR) is 61.9 cm³/mol. The fourth-order valence-corrected chi connectivity index (χ4v) is 2.06. The average molecular weight is 215 g/mol. The van der Waals surface area contributed by atoms with Crippen LogP contribution in [0.2, 0.25) is 0 Å². The molecular formula is C12H25NO2. The van der Waals surface area contributed by atoms with Crippen molar-refractivity contribution in [3.8, 4) is 0 Å². The fourth-order valence-electron chi connectivity index (χ4n) is 2.06. The molecule has 1 aliphatic rings. The standard InChI is InChI=1S/C12H25NO2/c1-3-14-12(15-4-2)8-11-13-9-6-5-7-10-13/h12H,3-11H2,1-2H3. The molecule has 0 aromatic carbocycles. The van der Waals surface area contributed by atoms with E-state index in [1.807, 2.05) is 13.8 Å². The molecule has 90 valence electrons. The Labute approximate surface area is 93.7 Å². The molecule has 1 saturated heterocycles. The summed E-state index contributed by atoms with van der Waals surface area (Å²) in [5.74, 6) is 0. The van der Waals surface area contributed by atoms with Crippen LogP contribution in [0, 0.1) is 0 Å². The molecule has 0 saturated carbocycles. The summed E-state index contributed by atoms with van der Waals surface area (Å²) in [6, 6.07) is 0. The number of hydrogen-bond donors (Lipinski definition) is 0. The van der Waals surface area contributed by atoms with Crippen LogP contribution < -0.4 is 0 Å². The van der Waals surface area contributed by atoms with Gasteiger partial charge in [0.15, 0.2) is 6.29 Å². The fraction of sp³-hybridized carbons (Fsp3) is 1.00. The Balaban J connectivity index is 2.13. The molecule has 1 aliphatic heterocycles. The highest BCUT2D eigenvalue weighted by molar-refractivity contribution is 4.65. The predicted octanol–water partition coefficient (Wildman–Crippen LogP) is 2.26. The van der Waals surface area contributed by atoms with Crippen molar-refractivity contribution >= 4 is 0 Å². The van der Waals surface area contributed by atoms with Gasteiger partial charge in [0.2, 0.25) is 0 Å². The highest BCUT2D eigenvalue weighted by atomic mass is 16.7. The van der Waals surface area contributed by atoms with Gasteiger partial charge in [0.05, 0.1) is 0 Å². The summed E-state index contributed by atoms with van der Waals surface area (Å²) in [6.07, 6.45) is 5.11. The minimum atomic E-state index is 0.00178. The Kier molecular flexibility index (Phi) is 6.98. The number of nitrogens with zero attached hydrogens (tertiary/aromatic N) is 1. The molecule has 0 spiro atoms. The molecular weight excluding hydrogens is 190 g/mol. The second-order valence-electron chi connectivity index (χ2n) is 4.03. The molecule has 0 N–H and O–H groups in total. The Morgan fingerprint density at radius 3 is 2.13 bits per heavy atom. The summed E-state index contributed by atoms with van der Waals surface area (Å²) < 4.78 is 11.0. The van der Waals surface area contributed by atoms with E-state index >= 15 is 0 Å². The first kappa shape index (κ1) is 12.9. The minimum Gasteiger partial charge on any atom is -0.353 e. The Bertz CT molecular complexity index is 141. The first-order valence-corrected chi connectivity index (χ1v) is 6.32. The van der Waals surface area contributed by atoms with Gasteiger partial charge in [0, 0.05) is 26.2 Å². The third kappa shape index (κ3) is 5.50. The van der Waals surface area contributed by atoms with Gasteiger partial charge in [0.25, 0.3) is 0 Å². The number of ether oxygens (including phenoxy) is 2. The molecule has 0 bridgehead atoms. The van der Waals surface area contributed by atoms with Gasteiger partial charge in [-0.15, -0.1) is 0 Å². The SMILES string of the molecule is CCOC(CCN1CCCCC1)OCC.